The van der Waals surface area contributed by atoms with Crippen molar-refractivity contribution in [1.29, 1.82) is 0 Å². The van der Waals surface area contributed by atoms with Crippen molar-refractivity contribution in [2.24, 2.45) is 0 Å². The Morgan fingerprint density at radius 2 is 1.85 bits per heavy atom. The molecule has 0 radical (unpaired) electrons. The maximum absolute atomic E-state index is 12.8. The molecule has 0 fully saturated rings. The molecular formula is C21H20ClNO4. The van der Waals surface area contributed by atoms with Crippen molar-refractivity contribution in [1.82, 2.24) is 4.90 Å². The standard InChI is InChI=1S/C21H20ClNO4/c1-25-19-7-13-5-6-23(10-14(13)8-20(19)26-2)11-15-12-27-18-4-3-16(22)9-17(18)21(15)24/h3-4,7-9,12H,5-6,10-11H2,1-2H3. The van der Waals surface area contributed by atoms with Gasteiger partial charge in [0.1, 0.15) is 5.58 Å². The van der Waals surface area contributed by atoms with Crippen LogP contribution in [0.2, 0.25) is 5.02 Å². The van der Waals surface area contributed by atoms with Gasteiger partial charge in [0.25, 0.3) is 0 Å². The van der Waals surface area contributed by atoms with E-state index in [4.69, 9.17) is 25.5 Å². The summed E-state index contributed by atoms with van der Waals surface area (Å²) in [5.74, 6) is 1.47. The molecule has 3 aromatic rings. The van der Waals surface area contributed by atoms with Crippen LogP contribution in [0.15, 0.2) is 45.8 Å². The normalized spacial score (nSPS) is 14.2. The first-order valence-corrected chi connectivity index (χ1v) is 9.13. The maximum Gasteiger partial charge on any atom is 0.197 e. The molecular weight excluding hydrogens is 366 g/mol. The highest BCUT2D eigenvalue weighted by Gasteiger charge is 2.21. The minimum absolute atomic E-state index is 0.0307. The van der Waals surface area contributed by atoms with Gasteiger partial charge >= 0.3 is 0 Å². The van der Waals surface area contributed by atoms with Crippen LogP contribution >= 0.6 is 11.6 Å². The number of hydrogen-bond acceptors (Lipinski definition) is 5. The summed E-state index contributed by atoms with van der Waals surface area (Å²) in [6.45, 7) is 2.12. The molecule has 0 aliphatic carbocycles. The number of fused-ring (bicyclic) bond motifs is 2. The zero-order chi connectivity index (χ0) is 19.0. The van der Waals surface area contributed by atoms with E-state index in [1.165, 1.54) is 11.1 Å². The minimum Gasteiger partial charge on any atom is -0.493 e. The third kappa shape index (κ3) is 3.40. The van der Waals surface area contributed by atoms with E-state index >= 15 is 0 Å². The van der Waals surface area contributed by atoms with Crippen LogP contribution in [0.3, 0.4) is 0 Å². The number of halogens is 1. The molecule has 0 unspecified atom stereocenters. The van der Waals surface area contributed by atoms with Gasteiger partial charge in [-0.15, -0.1) is 0 Å². The van der Waals surface area contributed by atoms with Crippen molar-refractivity contribution < 1.29 is 13.9 Å². The molecule has 0 atom stereocenters. The van der Waals surface area contributed by atoms with Crippen molar-refractivity contribution in [3.8, 4) is 11.5 Å². The summed E-state index contributed by atoms with van der Waals surface area (Å²) in [4.78, 5) is 15.0. The first-order chi connectivity index (χ1) is 13.1. The molecule has 27 heavy (non-hydrogen) atoms. The lowest BCUT2D eigenvalue weighted by atomic mass is 9.98. The van der Waals surface area contributed by atoms with Gasteiger partial charge in [-0.25, -0.2) is 0 Å². The lowest BCUT2D eigenvalue weighted by molar-refractivity contribution is 0.242. The smallest absolute Gasteiger partial charge is 0.197 e. The summed E-state index contributed by atoms with van der Waals surface area (Å²) in [6, 6.07) is 9.16. The second-order valence-corrected chi connectivity index (χ2v) is 7.10. The third-order valence-electron chi connectivity index (χ3n) is 5.00. The van der Waals surface area contributed by atoms with Gasteiger partial charge in [-0.05, 0) is 47.9 Å². The van der Waals surface area contributed by atoms with Crippen molar-refractivity contribution >= 4 is 22.6 Å². The highest BCUT2D eigenvalue weighted by atomic mass is 35.5. The average molecular weight is 386 g/mol. The molecule has 2 heterocycles. The van der Waals surface area contributed by atoms with Gasteiger partial charge in [-0.3, -0.25) is 9.69 Å². The van der Waals surface area contributed by atoms with E-state index in [0.29, 0.717) is 28.1 Å². The van der Waals surface area contributed by atoms with Crippen molar-refractivity contribution in [2.75, 3.05) is 20.8 Å². The Morgan fingerprint density at radius 3 is 2.59 bits per heavy atom. The Balaban J connectivity index is 1.61. The first-order valence-electron chi connectivity index (χ1n) is 8.75. The van der Waals surface area contributed by atoms with Gasteiger partial charge in [-0.1, -0.05) is 11.6 Å². The minimum atomic E-state index is -0.0307. The Kier molecular flexibility index (Phi) is 4.81. The van der Waals surface area contributed by atoms with E-state index in [0.717, 1.165) is 31.0 Å². The molecule has 1 aliphatic heterocycles. The summed E-state index contributed by atoms with van der Waals surface area (Å²) < 4.78 is 16.4. The largest absolute Gasteiger partial charge is 0.493 e. The number of hydrogen-bond donors (Lipinski definition) is 0. The Labute approximate surface area is 162 Å². The molecule has 1 aliphatic rings. The predicted molar refractivity (Wildman–Crippen MR) is 105 cm³/mol. The van der Waals surface area contributed by atoms with Crippen molar-refractivity contribution in [3.05, 3.63) is 68.5 Å². The number of benzene rings is 2. The summed E-state index contributed by atoms with van der Waals surface area (Å²) >= 11 is 6.03. The zero-order valence-electron chi connectivity index (χ0n) is 15.3. The van der Waals surface area contributed by atoms with Crippen LogP contribution in [-0.2, 0) is 19.5 Å². The molecule has 6 heteroatoms. The summed E-state index contributed by atoms with van der Waals surface area (Å²) in [6.07, 6.45) is 2.45. The van der Waals surface area contributed by atoms with Gasteiger partial charge in [0.15, 0.2) is 16.9 Å². The van der Waals surface area contributed by atoms with E-state index < -0.39 is 0 Å². The van der Waals surface area contributed by atoms with E-state index in [-0.39, 0.29) is 5.43 Å². The molecule has 0 amide bonds. The number of nitrogens with zero attached hydrogens (tertiary/aromatic N) is 1. The van der Waals surface area contributed by atoms with E-state index in [1.54, 1.807) is 38.7 Å². The first kappa shape index (κ1) is 17.9. The maximum atomic E-state index is 12.8. The van der Waals surface area contributed by atoms with Gasteiger partial charge in [0.05, 0.1) is 25.9 Å². The highest BCUT2D eigenvalue weighted by molar-refractivity contribution is 6.31. The second-order valence-electron chi connectivity index (χ2n) is 6.67. The van der Waals surface area contributed by atoms with Crippen LogP contribution < -0.4 is 14.9 Å². The number of rotatable bonds is 4. The van der Waals surface area contributed by atoms with Crippen molar-refractivity contribution in [2.45, 2.75) is 19.5 Å². The van der Waals surface area contributed by atoms with Gasteiger partial charge < -0.3 is 13.9 Å². The summed E-state index contributed by atoms with van der Waals surface area (Å²) in [5.41, 5.74) is 3.59. The molecule has 2 aromatic carbocycles. The third-order valence-corrected chi connectivity index (χ3v) is 5.23. The molecule has 0 saturated carbocycles. The summed E-state index contributed by atoms with van der Waals surface area (Å²) in [7, 11) is 3.28. The van der Waals surface area contributed by atoms with Crippen LogP contribution in [0, 0.1) is 0 Å². The van der Waals surface area contributed by atoms with E-state index in [1.807, 2.05) is 12.1 Å². The fraction of sp³-hybridized carbons (Fsp3) is 0.286. The Hall–Kier alpha value is -2.50. The Morgan fingerprint density at radius 1 is 1.11 bits per heavy atom. The van der Waals surface area contributed by atoms with Crippen LogP contribution in [0.4, 0.5) is 0 Å². The molecule has 1 aromatic heterocycles. The summed E-state index contributed by atoms with van der Waals surface area (Å²) in [5, 5.41) is 1.05. The molecule has 0 N–H and O–H groups in total. The molecule has 0 bridgehead atoms. The van der Waals surface area contributed by atoms with E-state index in [2.05, 4.69) is 4.90 Å². The lowest BCUT2D eigenvalue weighted by Gasteiger charge is -2.29. The van der Waals surface area contributed by atoms with E-state index in [9.17, 15) is 4.79 Å². The fourth-order valence-corrected chi connectivity index (χ4v) is 3.74. The van der Waals surface area contributed by atoms with Gasteiger partial charge in [0, 0.05) is 30.2 Å². The molecule has 5 nitrogen and oxygen atoms in total. The highest BCUT2D eigenvalue weighted by Crippen LogP contribution is 2.33. The van der Waals surface area contributed by atoms with Gasteiger partial charge in [0.2, 0.25) is 0 Å². The average Bonchev–Trinajstić information content (AvgIpc) is 2.69. The van der Waals surface area contributed by atoms with Crippen molar-refractivity contribution in [3.63, 3.8) is 0 Å². The quantitative estimate of drug-likeness (QED) is 0.678. The predicted octanol–water partition coefficient (Wildman–Crippen LogP) is 4.02. The van der Waals surface area contributed by atoms with Crippen LogP contribution in [0.1, 0.15) is 16.7 Å². The number of ether oxygens (including phenoxy) is 2. The number of methoxy groups -OCH3 is 2. The topological polar surface area (TPSA) is 51.9 Å². The molecule has 0 spiro atoms. The fourth-order valence-electron chi connectivity index (χ4n) is 3.57. The van der Waals surface area contributed by atoms with Crippen LogP contribution in [-0.4, -0.2) is 25.7 Å². The molecule has 140 valence electrons. The lowest BCUT2D eigenvalue weighted by Crippen LogP contribution is -2.31. The van der Waals surface area contributed by atoms with Crippen LogP contribution in [0.25, 0.3) is 11.0 Å². The van der Waals surface area contributed by atoms with Gasteiger partial charge in [-0.2, -0.15) is 0 Å². The zero-order valence-corrected chi connectivity index (χ0v) is 16.0. The van der Waals surface area contributed by atoms with Crippen LogP contribution in [0.5, 0.6) is 11.5 Å². The Bertz CT molecular complexity index is 1060. The molecule has 4 rings (SSSR count). The molecule has 0 saturated heterocycles. The second kappa shape index (κ2) is 7.25. The monoisotopic (exact) mass is 385 g/mol. The SMILES string of the molecule is COc1cc2c(cc1OC)CN(Cc1coc3ccc(Cl)cc3c1=O)CC2.